The van der Waals surface area contributed by atoms with Crippen molar-refractivity contribution in [1.29, 1.82) is 0 Å². The third kappa shape index (κ3) is 4.47. The molecule has 1 heterocycles. The van der Waals surface area contributed by atoms with Crippen LogP contribution in [0.25, 0.3) is 0 Å². The van der Waals surface area contributed by atoms with E-state index in [0.717, 1.165) is 30.6 Å². The predicted octanol–water partition coefficient (Wildman–Crippen LogP) is 1.43. The molecule has 1 aromatic rings. The van der Waals surface area contributed by atoms with Crippen molar-refractivity contribution in [2.75, 3.05) is 46.3 Å². The van der Waals surface area contributed by atoms with Crippen molar-refractivity contribution in [1.82, 2.24) is 15.1 Å². The SMILES string of the molecule is Cc1cccc(CNCCCN2CCN(C)CC2)c1O. The highest BCUT2D eigenvalue weighted by atomic mass is 16.3. The van der Waals surface area contributed by atoms with E-state index < -0.39 is 0 Å². The number of benzene rings is 1. The molecule has 0 unspecified atom stereocenters. The molecule has 1 aromatic carbocycles. The molecule has 20 heavy (non-hydrogen) atoms. The van der Waals surface area contributed by atoms with Crippen LogP contribution in [0.1, 0.15) is 17.5 Å². The highest BCUT2D eigenvalue weighted by Crippen LogP contribution is 2.20. The molecule has 112 valence electrons. The molecule has 0 bridgehead atoms. The molecule has 1 saturated heterocycles. The number of nitrogens with one attached hydrogen (secondary N) is 1. The molecule has 0 aromatic heterocycles. The van der Waals surface area contributed by atoms with Crippen molar-refractivity contribution in [2.45, 2.75) is 19.9 Å². The number of aromatic hydroxyl groups is 1. The summed E-state index contributed by atoms with van der Waals surface area (Å²) >= 11 is 0. The summed E-state index contributed by atoms with van der Waals surface area (Å²) in [7, 11) is 2.19. The molecule has 1 fully saturated rings. The zero-order valence-electron chi connectivity index (χ0n) is 12.7. The molecule has 0 atom stereocenters. The van der Waals surface area contributed by atoms with Gasteiger partial charge >= 0.3 is 0 Å². The highest BCUT2D eigenvalue weighted by Gasteiger charge is 2.12. The summed E-state index contributed by atoms with van der Waals surface area (Å²) in [6, 6.07) is 5.91. The Kier molecular flexibility index (Phi) is 5.83. The minimum Gasteiger partial charge on any atom is -0.507 e. The molecule has 2 N–H and O–H groups in total. The summed E-state index contributed by atoms with van der Waals surface area (Å²) in [4.78, 5) is 4.92. The molecule has 1 aliphatic rings. The van der Waals surface area contributed by atoms with E-state index in [1.807, 2.05) is 25.1 Å². The molecule has 0 spiro atoms. The number of hydrogen-bond donors (Lipinski definition) is 2. The first-order valence-electron chi connectivity index (χ1n) is 7.56. The van der Waals surface area contributed by atoms with Crippen molar-refractivity contribution in [3.05, 3.63) is 29.3 Å². The topological polar surface area (TPSA) is 38.7 Å². The maximum absolute atomic E-state index is 9.93. The smallest absolute Gasteiger partial charge is 0.122 e. The average molecular weight is 277 g/mol. The van der Waals surface area contributed by atoms with Crippen LogP contribution in [-0.2, 0) is 6.54 Å². The number of piperazine rings is 1. The van der Waals surface area contributed by atoms with Crippen LogP contribution in [0.4, 0.5) is 0 Å². The molecular formula is C16H27N3O. The molecule has 2 rings (SSSR count). The van der Waals surface area contributed by atoms with Crippen LogP contribution in [0, 0.1) is 6.92 Å². The van der Waals surface area contributed by atoms with Crippen LogP contribution in [0.5, 0.6) is 5.75 Å². The van der Waals surface area contributed by atoms with E-state index in [2.05, 4.69) is 22.2 Å². The van der Waals surface area contributed by atoms with Crippen LogP contribution in [-0.4, -0.2) is 61.2 Å². The van der Waals surface area contributed by atoms with Crippen molar-refractivity contribution in [3.63, 3.8) is 0 Å². The molecule has 0 saturated carbocycles. The first-order valence-corrected chi connectivity index (χ1v) is 7.56. The van der Waals surface area contributed by atoms with Gasteiger partial charge in [-0.25, -0.2) is 0 Å². The van der Waals surface area contributed by atoms with Crippen LogP contribution in [0.3, 0.4) is 0 Å². The Hall–Kier alpha value is -1.10. The van der Waals surface area contributed by atoms with E-state index in [1.165, 1.54) is 32.7 Å². The summed E-state index contributed by atoms with van der Waals surface area (Å²) in [5.41, 5.74) is 1.94. The van der Waals surface area contributed by atoms with Crippen molar-refractivity contribution in [3.8, 4) is 5.75 Å². The summed E-state index contributed by atoms with van der Waals surface area (Å²) < 4.78 is 0. The van der Waals surface area contributed by atoms with Crippen molar-refractivity contribution >= 4 is 0 Å². The zero-order chi connectivity index (χ0) is 14.4. The Bertz CT molecular complexity index is 414. The fourth-order valence-electron chi connectivity index (χ4n) is 2.58. The van der Waals surface area contributed by atoms with Gasteiger partial charge in [0.05, 0.1) is 0 Å². The van der Waals surface area contributed by atoms with Gasteiger partial charge in [0.25, 0.3) is 0 Å². The van der Waals surface area contributed by atoms with E-state index in [-0.39, 0.29) is 0 Å². The summed E-state index contributed by atoms with van der Waals surface area (Å²) in [6.07, 6.45) is 1.16. The molecule has 0 amide bonds. The fourth-order valence-corrected chi connectivity index (χ4v) is 2.58. The zero-order valence-corrected chi connectivity index (χ0v) is 12.7. The number of phenolic OH excluding ortho intramolecular Hbond substituents is 1. The second-order valence-corrected chi connectivity index (χ2v) is 5.76. The van der Waals surface area contributed by atoms with Gasteiger partial charge in [-0.15, -0.1) is 0 Å². The number of phenols is 1. The number of para-hydroxylation sites is 1. The number of hydrogen-bond acceptors (Lipinski definition) is 4. The first kappa shape index (κ1) is 15.3. The average Bonchev–Trinajstić information content (AvgIpc) is 2.45. The Morgan fingerprint density at radius 2 is 1.95 bits per heavy atom. The molecule has 4 heteroatoms. The van der Waals surface area contributed by atoms with Gasteiger partial charge in [0.1, 0.15) is 5.75 Å². The largest absolute Gasteiger partial charge is 0.507 e. The number of rotatable bonds is 6. The minimum absolute atomic E-state index is 0.430. The molecule has 0 aliphatic carbocycles. The molecular weight excluding hydrogens is 250 g/mol. The fraction of sp³-hybridized carbons (Fsp3) is 0.625. The van der Waals surface area contributed by atoms with Crippen LogP contribution in [0.15, 0.2) is 18.2 Å². The Balaban J connectivity index is 1.61. The lowest BCUT2D eigenvalue weighted by molar-refractivity contribution is 0.152. The quantitative estimate of drug-likeness (QED) is 0.772. The van der Waals surface area contributed by atoms with Crippen LogP contribution in [0.2, 0.25) is 0 Å². The number of aryl methyl sites for hydroxylation is 1. The van der Waals surface area contributed by atoms with Gasteiger partial charge in [-0.05, 0) is 39.0 Å². The maximum atomic E-state index is 9.93. The lowest BCUT2D eigenvalue weighted by atomic mass is 10.1. The van der Waals surface area contributed by atoms with Gasteiger partial charge in [-0.1, -0.05) is 18.2 Å². The molecule has 1 aliphatic heterocycles. The van der Waals surface area contributed by atoms with E-state index in [1.54, 1.807) is 0 Å². The van der Waals surface area contributed by atoms with Gasteiger partial charge in [0.15, 0.2) is 0 Å². The monoisotopic (exact) mass is 277 g/mol. The standard InChI is InChI=1S/C16H27N3O/c1-14-5-3-6-15(16(14)20)13-17-7-4-8-19-11-9-18(2)10-12-19/h3,5-6,17,20H,4,7-13H2,1-2H3. The van der Waals surface area contributed by atoms with E-state index in [4.69, 9.17) is 0 Å². The second-order valence-electron chi connectivity index (χ2n) is 5.76. The van der Waals surface area contributed by atoms with Crippen LogP contribution < -0.4 is 5.32 Å². The van der Waals surface area contributed by atoms with Gasteiger partial charge in [-0.2, -0.15) is 0 Å². The lowest BCUT2D eigenvalue weighted by Gasteiger charge is -2.32. The Morgan fingerprint density at radius 1 is 1.20 bits per heavy atom. The van der Waals surface area contributed by atoms with Gasteiger partial charge in [0, 0.05) is 38.3 Å². The second kappa shape index (κ2) is 7.62. The highest BCUT2D eigenvalue weighted by molar-refractivity contribution is 5.39. The van der Waals surface area contributed by atoms with Gasteiger partial charge in [-0.3, -0.25) is 0 Å². The predicted molar refractivity (Wildman–Crippen MR) is 83.1 cm³/mol. The summed E-state index contributed by atoms with van der Waals surface area (Å²) in [6.45, 7) is 9.60. The molecule has 4 nitrogen and oxygen atoms in total. The normalized spacial score (nSPS) is 17.5. The Morgan fingerprint density at radius 3 is 2.70 bits per heavy atom. The van der Waals surface area contributed by atoms with E-state index in [0.29, 0.717) is 5.75 Å². The van der Waals surface area contributed by atoms with E-state index in [9.17, 15) is 5.11 Å². The minimum atomic E-state index is 0.430. The third-order valence-corrected chi connectivity index (χ3v) is 4.06. The van der Waals surface area contributed by atoms with Gasteiger partial charge < -0.3 is 20.2 Å². The maximum Gasteiger partial charge on any atom is 0.122 e. The summed E-state index contributed by atoms with van der Waals surface area (Å²) in [5, 5.41) is 13.4. The number of nitrogens with zero attached hydrogens (tertiary/aromatic N) is 2. The first-order chi connectivity index (χ1) is 9.66. The third-order valence-electron chi connectivity index (χ3n) is 4.06. The van der Waals surface area contributed by atoms with Crippen molar-refractivity contribution < 1.29 is 5.11 Å². The van der Waals surface area contributed by atoms with Gasteiger partial charge in [0.2, 0.25) is 0 Å². The lowest BCUT2D eigenvalue weighted by Crippen LogP contribution is -2.45. The van der Waals surface area contributed by atoms with Crippen molar-refractivity contribution in [2.24, 2.45) is 0 Å². The molecule has 0 radical (unpaired) electrons. The Labute approximate surface area is 122 Å². The number of likely N-dealkylation sites (N-methyl/N-ethyl adjacent to an activating group) is 1. The van der Waals surface area contributed by atoms with Crippen LogP contribution >= 0.6 is 0 Å². The van der Waals surface area contributed by atoms with E-state index >= 15 is 0 Å². The summed E-state index contributed by atoms with van der Waals surface area (Å²) in [5.74, 6) is 0.430.